The largest absolute Gasteiger partial charge is 0.295 e. The number of hydrogen-bond donors (Lipinski definition) is 3. The molecular weight excluding hydrogens is 280 g/mol. The van der Waals surface area contributed by atoms with Gasteiger partial charge in [0, 0.05) is 29.1 Å². The van der Waals surface area contributed by atoms with Crippen LogP contribution in [0.5, 0.6) is 0 Å². The van der Waals surface area contributed by atoms with Gasteiger partial charge in [-0.05, 0) is 11.6 Å². The fourth-order valence-corrected chi connectivity index (χ4v) is 2.70. The van der Waals surface area contributed by atoms with Crippen LogP contribution in [0.15, 0.2) is 47.9 Å². The molecule has 1 aromatic carbocycles. The Morgan fingerprint density at radius 3 is 2.15 bits per heavy atom. The summed E-state index contributed by atoms with van der Waals surface area (Å²) in [4.78, 5) is -0.169. The van der Waals surface area contributed by atoms with Gasteiger partial charge in [0.2, 0.25) is 0 Å². The molecule has 0 unspecified atom stereocenters. The molecule has 20 heavy (non-hydrogen) atoms. The predicted octanol–water partition coefficient (Wildman–Crippen LogP) is 1.71. The minimum Gasteiger partial charge on any atom is -0.285 e. The average molecular weight is 290 g/mol. The lowest BCUT2D eigenvalue weighted by Crippen LogP contribution is -2.01. The second-order valence-corrected chi connectivity index (χ2v) is 5.55. The van der Waals surface area contributed by atoms with Crippen LogP contribution in [0.4, 0.5) is 0 Å². The van der Waals surface area contributed by atoms with Crippen LogP contribution in [0.1, 0.15) is 0 Å². The maximum Gasteiger partial charge on any atom is 0.295 e. The SMILES string of the molecule is O=S(=O)(O)c1cc(-c2cn[nH]c2)ccc1-c1cn[nH]c1. The minimum atomic E-state index is -4.35. The van der Waals surface area contributed by atoms with E-state index in [4.69, 9.17) is 0 Å². The van der Waals surface area contributed by atoms with Gasteiger partial charge >= 0.3 is 0 Å². The number of rotatable bonds is 3. The van der Waals surface area contributed by atoms with E-state index in [1.807, 2.05) is 0 Å². The number of benzene rings is 1. The molecular formula is C12H10N4O3S. The van der Waals surface area contributed by atoms with E-state index >= 15 is 0 Å². The lowest BCUT2D eigenvalue weighted by atomic mass is 10.0. The van der Waals surface area contributed by atoms with Crippen molar-refractivity contribution in [2.24, 2.45) is 0 Å². The number of aromatic amines is 2. The Balaban J connectivity index is 2.23. The van der Waals surface area contributed by atoms with Gasteiger partial charge in [0.25, 0.3) is 10.1 Å². The van der Waals surface area contributed by atoms with Crippen LogP contribution >= 0.6 is 0 Å². The first kappa shape index (κ1) is 12.6. The van der Waals surface area contributed by atoms with Crippen molar-refractivity contribution in [2.75, 3.05) is 0 Å². The van der Waals surface area contributed by atoms with Crippen LogP contribution in [0.3, 0.4) is 0 Å². The lowest BCUT2D eigenvalue weighted by molar-refractivity contribution is 0.483. The van der Waals surface area contributed by atoms with Gasteiger partial charge < -0.3 is 0 Å². The Kier molecular flexibility index (Phi) is 2.88. The standard InChI is InChI=1S/C12H10N4O3S/c17-20(18,19)12-3-8(9-4-13-14-5-9)1-2-11(12)10-6-15-16-7-10/h1-7H,(H,13,14)(H,15,16)(H,17,18,19). The Bertz CT molecular complexity index is 824. The fourth-order valence-electron chi connectivity index (χ4n) is 1.96. The molecule has 0 spiro atoms. The molecule has 0 bridgehead atoms. The summed E-state index contributed by atoms with van der Waals surface area (Å²) in [6.07, 6.45) is 6.25. The van der Waals surface area contributed by atoms with E-state index in [-0.39, 0.29) is 4.90 Å². The van der Waals surface area contributed by atoms with Gasteiger partial charge in [-0.25, -0.2) is 0 Å². The Morgan fingerprint density at radius 2 is 1.60 bits per heavy atom. The molecule has 3 N–H and O–H groups in total. The normalized spacial score (nSPS) is 11.7. The van der Waals surface area contributed by atoms with Crippen molar-refractivity contribution in [3.05, 3.63) is 43.0 Å². The molecule has 0 fully saturated rings. The topological polar surface area (TPSA) is 112 Å². The van der Waals surface area contributed by atoms with Gasteiger partial charge in [0.1, 0.15) is 4.90 Å². The van der Waals surface area contributed by atoms with Crippen LogP contribution < -0.4 is 0 Å². The summed E-state index contributed by atoms with van der Waals surface area (Å²) in [7, 11) is -4.35. The van der Waals surface area contributed by atoms with Crippen LogP contribution in [0.2, 0.25) is 0 Å². The number of H-pyrrole nitrogens is 2. The molecule has 3 aromatic rings. The quantitative estimate of drug-likeness (QED) is 0.636. The van der Waals surface area contributed by atoms with Crippen molar-refractivity contribution in [1.29, 1.82) is 0 Å². The van der Waals surface area contributed by atoms with Crippen molar-refractivity contribution in [1.82, 2.24) is 20.4 Å². The summed E-state index contributed by atoms with van der Waals surface area (Å²) in [6.45, 7) is 0. The predicted molar refractivity (Wildman–Crippen MR) is 71.4 cm³/mol. The van der Waals surface area contributed by atoms with Crippen LogP contribution in [0.25, 0.3) is 22.3 Å². The molecule has 0 aliphatic heterocycles. The van der Waals surface area contributed by atoms with Gasteiger partial charge in [0.05, 0.1) is 12.4 Å². The summed E-state index contributed by atoms with van der Waals surface area (Å²) in [5.41, 5.74) is 2.33. The van der Waals surface area contributed by atoms with Crippen LogP contribution in [-0.2, 0) is 10.1 Å². The number of hydrogen-bond acceptors (Lipinski definition) is 4. The zero-order valence-corrected chi connectivity index (χ0v) is 10.9. The van der Waals surface area contributed by atoms with Crippen molar-refractivity contribution in [2.45, 2.75) is 4.90 Å². The van der Waals surface area contributed by atoms with E-state index < -0.39 is 10.1 Å². The maximum absolute atomic E-state index is 11.6. The van der Waals surface area contributed by atoms with Gasteiger partial charge in [-0.15, -0.1) is 0 Å². The first-order valence-electron chi connectivity index (χ1n) is 5.65. The van der Waals surface area contributed by atoms with Gasteiger partial charge in [-0.2, -0.15) is 18.6 Å². The van der Waals surface area contributed by atoms with Gasteiger partial charge in [-0.1, -0.05) is 12.1 Å². The Labute approximate surface area is 114 Å². The third-order valence-corrected chi connectivity index (χ3v) is 3.79. The molecule has 0 radical (unpaired) electrons. The fraction of sp³-hybridized carbons (Fsp3) is 0. The van der Waals surface area contributed by atoms with E-state index in [9.17, 15) is 13.0 Å². The van der Waals surface area contributed by atoms with Crippen molar-refractivity contribution in [3.8, 4) is 22.3 Å². The summed E-state index contributed by atoms with van der Waals surface area (Å²) >= 11 is 0. The molecule has 0 amide bonds. The lowest BCUT2D eigenvalue weighted by Gasteiger charge is -2.07. The second-order valence-electron chi connectivity index (χ2n) is 4.16. The molecule has 102 valence electrons. The molecule has 2 aromatic heterocycles. The van der Waals surface area contributed by atoms with E-state index in [0.717, 1.165) is 5.56 Å². The number of nitrogens with zero attached hydrogens (tertiary/aromatic N) is 2. The zero-order chi connectivity index (χ0) is 14.2. The molecule has 3 rings (SSSR count). The van der Waals surface area contributed by atoms with Gasteiger partial charge in [0.15, 0.2) is 0 Å². The summed E-state index contributed by atoms with van der Waals surface area (Å²) in [6, 6.07) is 4.78. The smallest absolute Gasteiger partial charge is 0.285 e. The van der Waals surface area contributed by atoms with Crippen LogP contribution in [0, 0.1) is 0 Å². The zero-order valence-electron chi connectivity index (χ0n) is 10.1. The minimum absolute atomic E-state index is 0.169. The van der Waals surface area contributed by atoms with E-state index in [0.29, 0.717) is 16.7 Å². The monoisotopic (exact) mass is 290 g/mol. The van der Waals surface area contributed by atoms with E-state index in [2.05, 4.69) is 20.4 Å². The number of aromatic nitrogens is 4. The van der Waals surface area contributed by atoms with Crippen molar-refractivity contribution < 1.29 is 13.0 Å². The molecule has 0 saturated heterocycles. The number of nitrogens with one attached hydrogen (secondary N) is 2. The van der Waals surface area contributed by atoms with Crippen molar-refractivity contribution >= 4 is 10.1 Å². The second kappa shape index (κ2) is 4.58. The van der Waals surface area contributed by atoms with E-state index in [1.165, 1.54) is 12.3 Å². The highest BCUT2D eigenvalue weighted by Gasteiger charge is 2.18. The highest BCUT2D eigenvalue weighted by molar-refractivity contribution is 7.86. The van der Waals surface area contributed by atoms with Gasteiger partial charge in [-0.3, -0.25) is 14.8 Å². The average Bonchev–Trinajstić information content (AvgIpc) is 3.10. The highest BCUT2D eigenvalue weighted by Crippen LogP contribution is 2.30. The third kappa shape index (κ3) is 2.22. The molecule has 0 saturated carbocycles. The summed E-state index contributed by atoms with van der Waals surface area (Å²) in [5, 5.41) is 12.8. The molecule has 0 aliphatic carbocycles. The third-order valence-electron chi connectivity index (χ3n) is 2.90. The van der Waals surface area contributed by atoms with E-state index in [1.54, 1.807) is 30.7 Å². The molecule has 7 nitrogen and oxygen atoms in total. The first-order valence-corrected chi connectivity index (χ1v) is 7.09. The molecule has 2 heterocycles. The molecule has 0 atom stereocenters. The highest BCUT2D eigenvalue weighted by atomic mass is 32.2. The first-order chi connectivity index (χ1) is 9.55. The summed E-state index contributed by atoms with van der Waals surface area (Å²) < 4.78 is 32.6. The van der Waals surface area contributed by atoms with Crippen molar-refractivity contribution in [3.63, 3.8) is 0 Å². The van der Waals surface area contributed by atoms with Crippen LogP contribution in [-0.4, -0.2) is 33.4 Å². The maximum atomic E-state index is 11.6. The molecule has 0 aliphatic rings. The molecule has 8 heteroatoms. The Hall–Kier alpha value is -2.45. The Morgan fingerprint density at radius 1 is 0.950 bits per heavy atom. The summed E-state index contributed by atoms with van der Waals surface area (Å²) in [5.74, 6) is 0.